The minimum absolute atomic E-state index is 0.0562. The molecule has 1 aromatic heterocycles. The van der Waals surface area contributed by atoms with Crippen molar-refractivity contribution in [3.63, 3.8) is 0 Å². The summed E-state index contributed by atoms with van der Waals surface area (Å²) in [6, 6.07) is 11.1. The number of amides is 1. The summed E-state index contributed by atoms with van der Waals surface area (Å²) in [6.45, 7) is 0.546. The van der Waals surface area contributed by atoms with Crippen molar-refractivity contribution >= 4 is 23.5 Å². The highest BCUT2D eigenvalue weighted by Crippen LogP contribution is 2.36. The normalized spacial score (nSPS) is 13.5. The number of anilines is 3. The number of aromatic nitrogens is 3. The van der Waals surface area contributed by atoms with Gasteiger partial charge in [-0.1, -0.05) is 18.2 Å². The fraction of sp³-hybridized carbons (Fsp3) is 0.238. The van der Waals surface area contributed by atoms with Gasteiger partial charge in [-0.05, 0) is 41.8 Å². The van der Waals surface area contributed by atoms with Gasteiger partial charge in [0.1, 0.15) is 6.33 Å². The molecule has 1 aliphatic rings. The van der Waals surface area contributed by atoms with Crippen LogP contribution in [-0.4, -0.2) is 34.5 Å². The van der Waals surface area contributed by atoms with Crippen LogP contribution in [0.2, 0.25) is 0 Å². The van der Waals surface area contributed by atoms with E-state index in [0.717, 1.165) is 6.07 Å². The Morgan fingerprint density at radius 1 is 1.13 bits per heavy atom. The van der Waals surface area contributed by atoms with Crippen LogP contribution in [-0.2, 0) is 19.1 Å². The fourth-order valence-electron chi connectivity index (χ4n) is 3.53. The molecule has 0 bridgehead atoms. The third kappa shape index (κ3) is 4.42. The summed E-state index contributed by atoms with van der Waals surface area (Å²) in [4.78, 5) is 26.1. The molecule has 0 saturated carbocycles. The summed E-state index contributed by atoms with van der Waals surface area (Å²) in [6.07, 6.45) is -2.66. The number of carbonyl (C=O) groups is 1. The first-order valence-electron chi connectivity index (χ1n) is 9.56. The summed E-state index contributed by atoms with van der Waals surface area (Å²) in [5.74, 6) is 0.281. The van der Waals surface area contributed by atoms with E-state index in [-0.39, 0.29) is 29.9 Å². The van der Waals surface area contributed by atoms with Crippen LogP contribution in [0.3, 0.4) is 0 Å². The Morgan fingerprint density at radius 3 is 2.71 bits per heavy atom. The number of benzene rings is 2. The van der Waals surface area contributed by atoms with Crippen LogP contribution in [0.4, 0.5) is 30.8 Å². The standard InChI is InChI=1S/C21H19F3N6O/c1-25-18(31)14-5-2-6-15(10-14)28-19-26-12-27-20(29-19)30-9-8-13-4-3-7-17(16(13)11-30)21(22,23)24/h2-7,10,12H,8-9,11H2,1H3,(H,25,31)(H,26,27,28,29). The number of nitrogens with zero attached hydrogens (tertiary/aromatic N) is 4. The van der Waals surface area contributed by atoms with E-state index in [1.807, 2.05) is 0 Å². The maximum Gasteiger partial charge on any atom is 0.416 e. The van der Waals surface area contributed by atoms with Crippen molar-refractivity contribution in [1.29, 1.82) is 0 Å². The lowest BCUT2D eigenvalue weighted by molar-refractivity contribution is -0.138. The summed E-state index contributed by atoms with van der Waals surface area (Å²) < 4.78 is 40.3. The number of rotatable bonds is 4. The molecule has 0 spiro atoms. The number of hydrogen-bond donors (Lipinski definition) is 2. The molecule has 1 amide bonds. The molecule has 2 aromatic carbocycles. The van der Waals surface area contributed by atoms with Gasteiger partial charge in [-0.2, -0.15) is 18.2 Å². The Hall–Kier alpha value is -3.69. The lowest BCUT2D eigenvalue weighted by Crippen LogP contribution is -2.33. The van der Waals surface area contributed by atoms with Crippen molar-refractivity contribution in [2.45, 2.75) is 19.1 Å². The van der Waals surface area contributed by atoms with Gasteiger partial charge in [0.15, 0.2) is 0 Å². The summed E-state index contributed by atoms with van der Waals surface area (Å²) in [7, 11) is 1.54. The van der Waals surface area contributed by atoms with Gasteiger partial charge in [0.25, 0.3) is 5.91 Å². The average molecular weight is 428 g/mol. The van der Waals surface area contributed by atoms with E-state index in [1.165, 1.54) is 12.4 Å². The second-order valence-electron chi connectivity index (χ2n) is 7.01. The minimum atomic E-state index is -4.42. The number of halogens is 3. The average Bonchev–Trinajstić information content (AvgIpc) is 2.77. The lowest BCUT2D eigenvalue weighted by atomic mass is 9.95. The van der Waals surface area contributed by atoms with Crippen LogP contribution >= 0.6 is 0 Å². The SMILES string of the molecule is CNC(=O)c1cccc(Nc2ncnc(N3CCc4cccc(C(F)(F)F)c4C3)n2)c1. The fourth-order valence-corrected chi connectivity index (χ4v) is 3.53. The van der Waals surface area contributed by atoms with E-state index < -0.39 is 11.7 Å². The maximum absolute atomic E-state index is 13.4. The molecular formula is C21H19F3N6O. The van der Waals surface area contributed by atoms with Gasteiger partial charge in [-0.25, -0.2) is 9.97 Å². The van der Waals surface area contributed by atoms with Crippen molar-refractivity contribution in [2.75, 3.05) is 23.8 Å². The number of hydrogen-bond acceptors (Lipinski definition) is 6. The van der Waals surface area contributed by atoms with E-state index in [2.05, 4.69) is 25.6 Å². The summed E-state index contributed by atoms with van der Waals surface area (Å²) in [5.41, 5.74) is 1.36. The Morgan fingerprint density at radius 2 is 1.94 bits per heavy atom. The molecule has 4 rings (SSSR count). The van der Waals surface area contributed by atoms with Crippen molar-refractivity contribution in [2.24, 2.45) is 0 Å². The zero-order valence-corrected chi connectivity index (χ0v) is 16.6. The Bertz CT molecular complexity index is 1120. The Labute approximate surface area is 176 Å². The van der Waals surface area contributed by atoms with Crippen molar-refractivity contribution in [1.82, 2.24) is 20.3 Å². The molecule has 2 N–H and O–H groups in total. The predicted octanol–water partition coefficient (Wildman–Crippen LogP) is 3.56. The van der Waals surface area contributed by atoms with Gasteiger partial charge >= 0.3 is 6.18 Å². The molecule has 0 atom stereocenters. The molecule has 0 saturated heterocycles. The molecule has 160 valence electrons. The van der Waals surface area contributed by atoms with Gasteiger partial charge < -0.3 is 15.5 Å². The van der Waals surface area contributed by atoms with Gasteiger partial charge in [0, 0.05) is 31.4 Å². The third-order valence-electron chi connectivity index (χ3n) is 5.03. The molecule has 1 aliphatic heterocycles. The highest BCUT2D eigenvalue weighted by atomic mass is 19.4. The van der Waals surface area contributed by atoms with E-state index in [9.17, 15) is 18.0 Å². The van der Waals surface area contributed by atoms with Crippen LogP contribution in [0.5, 0.6) is 0 Å². The maximum atomic E-state index is 13.4. The zero-order valence-electron chi connectivity index (χ0n) is 16.6. The van der Waals surface area contributed by atoms with E-state index >= 15 is 0 Å². The van der Waals surface area contributed by atoms with Crippen LogP contribution in [0.25, 0.3) is 0 Å². The first-order chi connectivity index (χ1) is 14.8. The summed E-state index contributed by atoms with van der Waals surface area (Å²) in [5, 5.41) is 5.56. The predicted molar refractivity (Wildman–Crippen MR) is 109 cm³/mol. The van der Waals surface area contributed by atoms with Gasteiger partial charge in [-0.3, -0.25) is 4.79 Å². The molecular weight excluding hydrogens is 409 g/mol. The topological polar surface area (TPSA) is 83.0 Å². The molecule has 0 fully saturated rings. The number of carbonyl (C=O) groups excluding carboxylic acids is 1. The highest BCUT2D eigenvalue weighted by molar-refractivity contribution is 5.95. The van der Waals surface area contributed by atoms with Gasteiger partial charge in [0.2, 0.25) is 11.9 Å². The largest absolute Gasteiger partial charge is 0.416 e. The number of fused-ring (bicyclic) bond motifs is 1. The number of alkyl halides is 3. The van der Waals surface area contributed by atoms with Crippen molar-refractivity contribution < 1.29 is 18.0 Å². The van der Waals surface area contributed by atoms with Crippen LogP contribution in [0.1, 0.15) is 27.0 Å². The van der Waals surface area contributed by atoms with Gasteiger partial charge in [-0.15, -0.1) is 0 Å². The lowest BCUT2D eigenvalue weighted by Gasteiger charge is -2.30. The first-order valence-corrected chi connectivity index (χ1v) is 9.56. The third-order valence-corrected chi connectivity index (χ3v) is 5.03. The van der Waals surface area contributed by atoms with E-state index in [0.29, 0.717) is 29.8 Å². The zero-order chi connectivity index (χ0) is 22.0. The van der Waals surface area contributed by atoms with Crippen molar-refractivity contribution in [3.8, 4) is 0 Å². The second-order valence-corrected chi connectivity index (χ2v) is 7.01. The first kappa shape index (κ1) is 20.6. The van der Waals surface area contributed by atoms with E-state index in [1.54, 1.807) is 42.3 Å². The quantitative estimate of drug-likeness (QED) is 0.661. The monoisotopic (exact) mass is 428 g/mol. The second kappa shape index (κ2) is 8.21. The Balaban J connectivity index is 1.57. The molecule has 7 nitrogen and oxygen atoms in total. The molecule has 0 unspecified atom stereocenters. The highest BCUT2D eigenvalue weighted by Gasteiger charge is 2.35. The molecule has 0 aliphatic carbocycles. The molecule has 0 radical (unpaired) electrons. The summed E-state index contributed by atoms with van der Waals surface area (Å²) >= 11 is 0. The number of nitrogens with one attached hydrogen (secondary N) is 2. The van der Waals surface area contributed by atoms with E-state index in [4.69, 9.17) is 0 Å². The smallest absolute Gasteiger partial charge is 0.355 e. The molecule has 3 aromatic rings. The minimum Gasteiger partial charge on any atom is -0.355 e. The Kier molecular flexibility index (Phi) is 5.45. The van der Waals surface area contributed by atoms with Crippen LogP contribution < -0.4 is 15.5 Å². The van der Waals surface area contributed by atoms with Crippen LogP contribution in [0.15, 0.2) is 48.8 Å². The molecule has 10 heteroatoms. The van der Waals surface area contributed by atoms with Crippen LogP contribution in [0, 0.1) is 0 Å². The molecule has 31 heavy (non-hydrogen) atoms. The molecule has 2 heterocycles. The van der Waals surface area contributed by atoms with Gasteiger partial charge in [0.05, 0.1) is 5.56 Å². The van der Waals surface area contributed by atoms with Crippen molar-refractivity contribution in [3.05, 3.63) is 71.0 Å².